The molecule has 3 N–H and O–H groups in total. The zero-order valence-corrected chi connectivity index (χ0v) is 19.6. The summed E-state index contributed by atoms with van der Waals surface area (Å²) in [5.41, 5.74) is 8.20. The summed E-state index contributed by atoms with van der Waals surface area (Å²) < 4.78 is 14.1. The van der Waals surface area contributed by atoms with Crippen LogP contribution in [0.3, 0.4) is 0 Å². The molecule has 9 heteroatoms. The standard InChI is InChI=1S/C27H24FN7O/c1-17-16-34(12-13-35(17)27(36)31-24-11-10-20(30)14-23(24)28)26-22-5-3-2-4-21(22)25(32-33-26)19-8-6-18(15-29)7-9-19/h2-11,14,17H,12-13,16,30H2,1H3,(H,31,36)/t17-/m0/s1. The lowest BCUT2D eigenvalue weighted by Gasteiger charge is -2.40. The van der Waals surface area contributed by atoms with Gasteiger partial charge >= 0.3 is 6.03 Å². The maximum atomic E-state index is 14.1. The zero-order chi connectivity index (χ0) is 25.2. The number of halogens is 1. The van der Waals surface area contributed by atoms with Gasteiger partial charge in [0, 0.05) is 47.7 Å². The predicted octanol–water partition coefficient (Wildman–Crippen LogP) is 4.63. The first-order chi connectivity index (χ1) is 17.4. The first-order valence-electron chi connectivity index (χ1n) is 11.6. The Morgan fingerprint density at radius 2 is 1.83 bits per heavy atom. The van der Waals surface area contributed by atoms with Crippen molar-refractivity contribution < 1.29 is 9.18 Å². The molecular formula is C27H24FN7O. The van der Waals surface area contributed by atoms with Crippen molar-refractivity contribution in [3.05, 3.63) is 78.1 Å². The molecule has 1 atom stereocenters. The van der Waals surface area contributed by atoms with E-state index < -0.39 is 5.82 Å². The summed E-state index contributed by atoms with van der Waals surface area (Å²) in [5.74, 6) is 0.179. The number of nitrogen functional groups attached to an aromatic ring is 1. The number of piperazine rings is 1. The highest BCUT2D eigenvalue weighted by atomic mass is 19.1. The van der Waals surface area contributed by atoms with E-state index in [4.69, 9.17) is 11.0 Å². The van der Waals surface area contributed by atoms with Crippen LogP contribution in [0.1, 0.15) is 12.5 Å². The highest BCUT2D eigenvalue weighted by Crippen LogP contribution is 2.32. The lowest BCUT2D eigenvalue weighted by Crippen LogP contribution is -2.55. The molecule has 0 aliphatic carbocycles. The van der Waals surface area contributed by atoms with Gasteiger partial charge in [-0.3, -0.25) is 0 Å². The second-order valence-corrected chi connectivity index (χ2v) is 8.76. The Kier molecular flexibility index (Phi) is 6.09. The lowest BCUT2D eigenvalue weighted by molar-refractivity contribution is 0.184. The fraction of sp³-hybridized carbons (Fsp3) is 0.185. The molecule has 180 valence electrons. The molecule has 0 spiro atoms. The van der Waals surface area contributed by atoms with Gasteiger partial charge in [0.05, 0.1) is 17.3 Å². The maximum Gasteiger partial charge on any atom is 0.322 e. The number of hydrogen-bond acceptors (Lipinski definition) is 6. The van der Waals surface area contributed by atoms with Crippen LogP contribution in [0.25, 0.3) is 22.0 Å². The van der Waals surface area contributed by atoms with Crippen LogP contribution in [0.15, 0.2) is 66.7 Å². The monoisotopic (exact) mass is 481 g/mol. The largest absolute Gasteiger partial charge is 0.399 e. The molecule has 0 unspecified atom stereocenters. The van der Waals surface area contributed by atoms with Crippen LogP contribution in [0.5, 0.6) is 0 Å². The maximum absolute atomic E-state index is 14.1. The second kappa shape index (κ2) is 9.50. The fourth-order valence-electron chi connectivity index (χ4n) is 4.51. The van der Waals surface area contributed by atoms with Gasteiger partial charge in [-0.15, -0.1) is 10.2 Å². The summed E-state index contributed by atoms with van der Waals surface area (Å²) >= 11 is 0. The number of amides is 2. The van der Waals surface area contributed by atoms with Crippen LogP contribution in [0.4, 0.5) is 26.4 Å². The number of nitrogens with zero attached hydrogens (tertiary/aromatic N) is 5. The fourth-order valence-corrected chi connectivity index (χ4v) is 4.51. The van der Waals surface area contributed by atoms with E-state index in [1.165, 1.54) is 12.1 Å². The first-order valence-corrected chi connectivity index (χ1v) is 11.6. The number of urea groups is 1. The summed E-state index contributed by atoms with van der Waals surface area (Å²) in [6.45, 7) is 3.49. The van der Waals surface area contributed by atoms with Gasteiger partial charge in [-0.2, -0.15) is 5.26 Å². The van der Waals surface area contributed by atoms with Gasteiger partial charge in [-0.25, -0.2) is 9.18 Å². The number of anilines is 3. The Bertz CT molecular complexity index is 1480. The Hall–Kier alpha value is -4.71. The SMILES string of the molecule is C[C@H]1CN(c2nnc(-c3ccc(C#N)cc3)c3ccccc23)CCN1C(=O)Nc1ccc(N)cc1F. The number of nitrogens with one attached hydrogen (secondary N) is 1. The summed E-state index contributed by atoms with van der Waals surface area (Å²) in [6.07, 6.45) is 0. The van der Waals surface area contributed by atoms with Crippen molar-refractivity contribution in [2.24, 2.45) is 0 Å². The number of rotatable bonds is 3. The highest BCUT2D eigenvalue weighted by molar-refractivity contribution is 6.00. The van der Waals surface area contributed by atoms with E-state index >= 15 is 0 Å². The van der Waals surface area contributed by atoms with Gasteiger partial charge in [0.25, 0.3) is 0 Å². The molecular weight excluding hydrogens is 457 g/mol. The normalized spacial score (nSPS) is 15.5. The molecule has 1 saturated heterocycles. The van der Waals surface area contributed by atoms with Crippen molar-refractivity contribution in [3.63, 3.8) is 0 Å². The molecule has 0 bridgehead atoms. The summed E-state index contributed by atoms with van der Waals surface area (Å²) in [4.78, 5) is 16.7. The van der Waals surface area contributed by atoms with E-state index in [-0.39, 0.29) is 17.8 Å². The average molecular weight is 482 g/mol. The molecule has 0 saturated carbocycles. The van der Waals surface area contributed by atoms with Crippen molar-refractivity contribution in [2.75, 3.05) is 35.6 Å². The molecule has 2 heterocycles. The zero-order valence-electron chi connectivity index (χ0n) is 19.6. The molecule has 2 amide bonds. The number of benzene rings is 3. The molecule has 1 aliphatic rings. The average Bonchev–Trinajstić information content (AvgIpc) is 2.89. The van der Waals surface area contributed by atoms with Gasteiger partial charge < -0.3 is 20.9 Å². The first kappa shape index (κ1) is 23.1. The number of fused-ring (bicyclic) bond motifs is 1. The van der Waals surface area contributed by atoms with Crippen LogP contribution in [-0.4, -0.2) is 46.8 Å². The van der Waals surface area contributed by atoms with Gasteiger partial charge in [0.15, 0.2) is 5.82 Å². The Morgan fingerprint density at radius 3 is 2.53 bits per heavy atom. The van der Waals surface area contributed by atoms with Crippen molar-refractivity contribution in [1.82, 2.24) is 15.1 Å². The number of nitrogens with two attached hydrogens (primary N) is 1. The Morgan fingerprint density at radius 1 is 1.08 bits per heavy atom. The van der Waals surface area contributed by atoms with E-state index in [0.717, 1.165) is 27.8 Å². The van der Waals surface area contributed by atoms with Crippen molar-refractivity contribution >= 4 is 34.0 Å². The van der Waals surface area contributed by atoms with Crippen molar-refractivity contribution in [2.45, 2.75) is 13.0 Å². The molecule has 0 radical (unpaired) electrons. The quantitative estimate of drug-likeness (QED) is 0.413. The van der Waals surface area contributed by atoms with E-state index in [0.29, 0.717) is 30.9 Å². The van der Waals surface area contributed by atoms with Gasteiger partial charge in [-0.1, -0.05) is 36.4 Å². The van der Waals surface area contributed by atoms with E-state index in [1.807, 2.05) is 43.3 Å². The number of aromatic nitrogens is 2. The van der Waals surface area contributed by atoms with E-state index in [1.54, 1.807) is 23.1 Å². The van der Waals surface area contributed by atoms with Crippen molar-refractivity contribution in [1.29, 1.82) is 5.26 Å². The highest BCUT2D eigenvalue weighted by Gasteiger charge is 2.30. The molecule has 5 rings (SSSR count). The summed E-state index contributed by atoms with van der Waals surface area (Å²) in [7, 11) is 0. The third-order valence-electron chi connectivity index (χ3n) is 6.38. The molecule has 1 aromatic heterocycles. The van der Waals surface area contributed by atoms with Gasteiger partial charge in [-0.05, 0) is 37.3 Å². The number of carbonyl (C=O) groups is 1. The molecule has 4 aromatic rings. The van der Waals surface area contributed by atoms with Gasteiger partial charge in [0.1, 0.15) is 11.5 Å². The smallest absolute Gasteiger partial charge is 0.322 e. The Balaban J connectivity index is 1.37. The third kappa shape index (κ3) is 4.36. The second-order valence-electron chi connectivity index (χ2n) is 8.76. The summed E-state index contributed by atoms with van der Waals surface area (Å²) in [5, 5.41) is 22.8. The molecule has 1 fully saturated rings. The predicted molar refractivity (Wildman–Crippen MR) is 138 cm³/mol. The minimum Gasteiger partial charge on any atom is -0.399 e. The van der Waals surface area contributed by atoms with Gasteiger partial charge in [0.2, 0.25) is 0 Å². The van der Waals surface area contributed by atoms with E-state index in [2.05, 4.69) is 26.5 Å². The van der Waals surface area contributed by atoms with Crippen LogP contribution >= 0.6 is 0 Å². The lowest BCUT2D eigenvalue weighted by atomic mass is 10.0. The minimum absolute atomic E-state index is 0.0964. The topological polar surface area (TPSA) is 111 Å². The van der Waals surface area contributed by atoms with Crippen molar-refractivity contribution in [3.8, 4) is 17.3 Å². The Labute approximate surface area is 207 Å². The number of nitriles is 1. The number of hydrogen-bond donors (Lipinski definition) is 2. The third-order valence-corrected chi connectivity index (χ3v) is 6.38. The van der Waals surface area contributed by atoms with Crippen LogP contribution < -0.4 is 16.0 Å². The minimum atomic E-state index is -0.571. The molecule has 3 aromatic carbocycles. The van der Waals surface area contributed by atoms with Crippen LogP contribution in [0.2, 0.25) is 0 Å². The molecule has 8 nitrogen and oxygen atoms in total. The number of carbonyl (C=O) groups excluding carboxylic acids is 1. The molecule has 36 heavy (non-hydrogen) atoms. The van der Waals surface area contributed by atoms with E-state index in [9.17, 15) is 9.18 Å². The van der Waals surface area contributed by atoms with Crippen LogP contribution in [-0.2, 0) is 0 Å². The molecule has 1 aliphatic heterocycles. The summed E-state index contributed by atoms with van der Waals surface area (Å²) in [6, 6.07) is 21.0. The van der Waals surface area contributed by atoms with Crippen LogP contribution in [0, 0.1) is 17.1 Å².